The van der Waals surface area contributed by atoms with Crippen LogP contribution in [0, 0.1) is 12.7 Å². The minimum atomic E-state index is -0.335. The molecule has 4 nitrogen and oxygen atoms in total. The number of aliphatic hydroxyl groups is 1. The number of nitrogens with zero attached hydrogens (tertiary/aromatic N) is 2. The van der Waals surface area contributed by atoms with Gasteiger partial charge in [0.15, 0.2) is 0 Å². The maximum Gasteiger partial charge on any atom is 0.254 e. The minimum Gasteiger partial charge on any atom is -0.391 e. The molecule has 5 heteroatoms. The van der Waals surface area contributed by atoms with Gasteiger partial charge in [-0.15, -0.1) is 0 Å². The molecular formula is C17H23FN2O2. The summed E-state index contributed by atoms with van der Waals surface area (Å²) in [5, 5.41) is 9.99. The number of halogens is 1. The number of rotatable bonds is 2. The summed E-state index contributed by atoms with van der Waals surface area (Å²) in [6.45, 7) is 4.52. The van der Waals surface area contributed by atoms with Crippen LogP contribution in [0.3, 0.4) is 0 Å². The summed E-state index contributed by atoms with van der Waals surface area (Å²) in [5.41, 5.74) is 0.967. The maximum atomic E-state index is 13.6. The Balaban J connectivity index is 1.61. The van der Waals surface area contributed by atoms with E-state index in [1.165, 1.54) is 6.07 Å². The SMILES string of the molecule is Cc1ccc(C(=O)N2CCN([C@@H]3CCC[C@H]3O)CC2)cc1F. The lowest BCUT2D eigenvalue weighted by Crippen LogP contribution is -2.53. The second-order valence-electron chi connectivity index (χ2n) is 6.36. The summed E-state index contributed by atoms with van der Waals surface area (Å²) in [7, 11) is 0. The van der Waals surface area contributed by atoms with Crippen LogP contribution in [0.4, 0.5) is 4.39 Å². The first-order valence-corrected chi connectivity index (χ1v) is 8.04. The Kier molecular flexibility index (Phi) is 4.45. The molecule has 1 amide bonds. The minimum absolute atomic E-state index is 0.106. The Morgan fingerprint density at radius 1 is 1.23 bits per heavy atom. The van der Waals surface area contributed by atoms with Crippen LogP contribution in [0.5, 0.6) is 0 Å². The lowest BCUT2D eigenvalue weighted by atomic mass is 10.1. The lowest BCUT2D eigenvalue weighted by Gasteiger charge is -2.39. The van der Waals surface area contributed by atoms with E-state index in [0.717, 1.165) is 32.4 Å². The Hall–Kier alpha value is -1.46. The van der Waals surface area contributed by atoms with Crippen LogP contribution >= 0.6 is 0 Å². The van der Waals surface area contributed by atoms with Crippen molar-refractivity contribution < 1.29 is 14.3 Å². The predicted molar refractivity (Wildman–Crippen MR) is 82.3 cm³/mol. The molecule has 1 aliphatic carbocycles. The zero-order valence-corrected chi connectivity index (χ0v) is 13.0. The zero-order chi connectivity index (χ0) is 15.7. The summed E-state index contributed by atoms with van der Waals surface area (Å²) in [5.74, 6) is -0.441. The second kappa shape index (κ2) is 6.34. The summed E-state index contributed by atoms with van der Waals surface area (Å²) in [6, 6.07) is 4.90. The predicted octanol–water partition coefficient (Wildman–Crippen LogP) is 1.81. The number of carbonyl (C=O) groups excluding carboxylic acids is 1. The van der Waals surface area contributed by atoms with E-state index in [1.807, 2.05) is 0 Å². The van der Waals surface area contributed by atoms with Crippen molar-refractivity contribution in [3.63, 3.8) is 0 Å². The van der Waals surface area contributed by atoms with Crippen molar-refractivity contribution in [2.45, 2.75) is 38.3 Å². The molecule has 22 heavy (non-hydrogen) atoms. The van der Waals surface area contributed by atoms with Crippen LogP contribution in [-0.2, 0) is 0 Å². The van der Waals surface area contributed by atoms with Gasteiger partial charge in [-0.2, -0.15) is 0 Å². The molecule has 120 valence electrons. The molecule has 0 aromatic heterocycles. The summed E-state index contributed by atoms with van der Waals surface area (Å²) in [6.07, 6.45) is 2.77. The Morgan fingerprint density at radius 2 is 1.95 bits per heavy atom. The van der Waals surface area contributed by atoms with Gasteiger partial charge in [0.2, 0.25) is 0 Å². The zero-order valence-electron chi connectivity index (χ0n) is 13.0. The van der Waals surface area contributed by atoms with E-state index in [9.17, 15) is 14.3 Å². The Morgan fingerprint density at radius 3 is 2.55 bits per heavy atom. The van der Waals surface area contributed by atoms with Gasteiger partial charge in [-0.1, -0.05) is 6.07 Å². The summed E-state index contributed by atoms with van der Waals surface area (Å²) >= 11 is 0. The van der Waals surface area contributed by atoms with Crippen molar-refractivity contribution in [1.82, 2.24) is 9.80 Å². The first-order chi connectivity index (χ1) is 10.6. The maximum absolute atomic E-state index is 13.6. The fourth-order valence-corrected chi connectivity index (χ4v) is 3.51. The van der Waals surface area contributed by atoms with E-state index in [-0.39, 0.29) is 23.9 Å². The first-order valence-electron chi connectivity index (χ1n) is 8.04. The summed E-state index contributed by atoms with van der Waals surface area (Å²) < 4.78 is 13.6. The largest absolute Gasteiger partial charge is 0.391 e. The van der Waals surface area contributed by atoms with Crippen molar-refractivity contribution in [2.24, 2.45) is 0 Å². The van der Waals surface area contributed by atoms with Gasteiger partial charge in [0.1, 0.15) is 5.82 Å². The molecule has 0 bridgehead atoms. The molecule has 0 spiro atoms. The molecule has 2 aliphatic rings. The highest BCUT2D eigenvalue weighted by atomic mass is 19.1. The lowest BCUT2D eigenvalue weighted by molar-refractivity contribution is 0.0315. The fraction of sp³-hybridized carbons (Fsp3) is 0.588. The fourth-order valence-electron chi connectivity index (χ4n) is 3.51. The van der Waals surface area contributed by atoms with Crippen LogP contribution < -0.4 is 0 Å². The van der Waals surface area contributed by atoms with Gasteiger partial charge in [-0.25, -0.2) is 4.39 Å². The van der Waals surface area contributed by atoms with E-state index in [4.69, 9.17) is 0 Å². The first kappa shape index (κ1) is 15.4. The van der Waals surface area contributed by atoms with E-state index in [0.29, 0.717) is 24.2 Å². The molecule has 3 rings (SSSR count). The van der Waals surface area contributed by atoms with Crippen LogP contribution in [0.2, 0.25) is 0 Å². The molecule has 1 aliphatic heterocycles. The smallest absolute Gasteiger partial charge is 0.254 e. The molecule has 1 saturated carbocycles. The highest BCUT2D eigenvalue weighted by molar-refractivity contribution is 5.94. The van der Waals surface area contributed by atoms with E-state index in [2.05, 4.69) is 4.90 Å². The third-order valence-corrected chi connectivity index (χ3v) is 4.93. The van der Waals surface area contributed by atoms with Gasteiger partial charge < -0.3 is 10.0 Å². The van der Waals surface area contributed by atoms with Gasteiger partial charge in [-0.05, 0) is 43.9 Å². The molecule has 0 unspecified atom stereocenters. The standard InChI is InChI=1S/C17H23FN2O2/c1-12-5-6-13(11-14(12)18)17(22)20-9-7-19(8-10-20)15-3-2-4-16(15)21/h5-6,11,15-16,21H,2-4,7-10H2,1H3/t15-,16-/m1/s1. The summed E-state index contributed by atoms with van der Waals surface area (Å²) in [4.78, 5) is 16.5. The quantitative estimate of drug-likeness (QED) is 0.906. The van der Waals surface area contributed by atoms with Crippen LogP contribution in [0.25, 0.3) is 0 Å². The number of hydrogen-bond donors (Lipinski definition) is 1. The number of piperazine rings is 1. The van der Waals surface area contributed by atoms with Crippen molar-refractivity contribution in [3.05, 3.63) is 35.1 Å². The number of aryl methyl sites for hydroxylation is 1. The van der Waals surface area contributed by atoms with Crippen LogP contribution in [-0.4, -0.2) is 59.1 Å². The number of hydrogen-bond acceptors (Lipinski definition) is 3. The molecular weight excluding hydrogens is 283 g/mol. The van der Waals surface area contributed by atoms with Crippen molar-refractivity contribution in [1.29, 1.82) is 0 Å². The third-order valence-electron chi connectivity index (χ3n) is 4.93. The van der Waals surface area contributed by atoms with Gasteiger partial charge in [-0.3, -0.25) is 9.69 Å². The number of aliphatic hydroxyl groups excluding tert-OH is 1. The monoisotopic (exact) mass is 306 g/mol. The van der Waals surface area contributed by atoms with Gasteiger partial charge >= 0.3 is 0 Å². The average Bonchev–Trinajstić information content (AvgIpc) is 2.95. The van der Waals surface area contributed by atoms with Crippen LogP contribution in [0.1, 0.15) is 35.2 Å². The van der Waals surface area contributed by atoms with Gasteiger partial charge in [0.05, 0.1) is 6.10 Å². The van der Waals surface area contributed by atoms with Crippen LogP contribution in [0.15, 0.2) is 18.2 Å². The molecule has 0 radical (unpaired) electrons. The molecule has 1 aromatic carbocycles. The molecule has 1 heterocycles. The topological polar surface area (TPSA) is 43.8 Å². The van der Waals surface area contributed by atoms with E-state index >= 15 is 0 Å². The second-order valence-corrected chi connectivity index (χ2v) is 6.36. The molecule has 1 aromatic rings. The van der Waals surface area contributed by atoms with E-state index < -0.39 is 0 Å². The average molecular weight is 306 g/mol. The normalized spacial score (nSPS) is 26.4. The highest BCUT2D eigenvalue weighted by Crippen LogP contribution is 2.25. The molecule has 2 fully saturated rings. The third kappa shape index (κ3) is 3.01. The van der Waals surface area contributed by atoms with Gasteiger partial charge in [0.25, 0.3) is 5.91 Å². The van der Waals surface area contributed by atoms with Crippen molar-refractivity contribution >= 4 is 5.91 Å². The van der Waals surface area contributed by atoms with Crippen molar-refractivity contribution in [2.75, 3.05) is 26.2 Å². The Labute approximate surface area is 130 Å². The number of benzene rings is 1. The molecule has 1 N–H and O–H groups in total. The number of carbonyl (C=O) groups is 1. The molecule has 2 atom stereocenters. The van der Waals surface area contributed by atoms with E-state index in [1.54, 1.807) is 24.0 Å². The number of amides is 1. The Bertz CT molecular complexity index is 556. The molecule has 1 saturated heterocycles. The highest BCUT2D eigenvalue weighted by Gasteiger charge is 2.33. The van der Waals surface area contributed by atoms with Gasteiger partial charge in [0, 0.05) is 37.8 Å². The van der Waals surface area contributed by atoms with Crippen molar-refractivity contribution in [3.8, 4) is 0 Å².